The number of carboxylic acid groups (broad SMARTS) is 1. The minimum atomic E-state index is -0.833. The number of phenols is 1. The zero-order chi connectivity index (χ0) is 26.9. The van der Waals surface area contributed by atoms with Crippen LogP contribution in [0.15, 0.2) is 42.5 Å². The largest absolute Gasteiger partial charge is 0.508 e. The number of carbonyl (C=O) groups excluding carboxylic acids is 1. The molecular formula is C28H35N3O5S. The number of phenolic OH excluding ortho intramolecular Hbond substituents is 1. The minimum absolute atomic E-state index is 0.193. The number of nitrogens with zero attached hydrogens (tertiary/aromatic N) is 1. The number of benzene rings is 2. The lowest BCUT2D eigenvalue weighted by molar-refractivity contribution is -0.134. The Labute approximate surface area is 221 Å². The number of nitrogens with two attached hydrogens (primary N) is 1. The lowest BCUT2D eigenvalue weighted by Crippen LogP contribution is -2.12. The summed E-state index contributed by atoms with van der Waals surface area (Å²) in [4.78, 5) is 26.7. The van der Waals surface area contributed by atoms with Gasteiger partial charge in [-0.3, -0.25) is 9.59 Å². The molecule has 0 bridgehead atoms. The van der Waals surface area contributed by atoms with E-state index >= 15 is 0 Å². The highest BCUT2D eigenvalue weighted by Crippen LogP contribution is 2.33. The Morgan fingerprint density at radius 3 is 2.49 bits per heavy atom. The van der Waals surface area contributed by atoms with E-state index in [9.17, 15) is 9.90 Å². The van der Waals surface area contributed by atoms with Crippen molar-refractivity contribution in [1.29, 1.82) is 0 Å². The average molecular weight is 526 g/mol. The number of aromatic nitrogens is 1. The second-order valence-electron chi connectivity index (χ2n) is 9.15. The van der Waals surface area contributed by atoms with Gasteiger partial charge in [0.1, 0.15) is 22.2 Å². The molecule has 1 saturated carbocycles. The first kappa shape index (κ1) is 28.0. The smallest absolute Gasteiger partial charge is 0.300 e. The molecule has 4 rings (SSSR count). The Bertz CT molecular complexity index is 1210. The van der Waals surface area contributed by atoms with Crippen molar-refractivity contribution >= 4 is 39.7 Å². The molecule has 1 aliphatic carbocycles. The molecule has 9 heteroatoms. The first-order chi connectivity index (χ1) is 17.7. The SMILES string of the molecule is CC(=O)O.CCCc1cc(C(=O)c2sc(Nc3ccc(OC4CCC(CC)C4)cc3)nc2N)ccc1O. The van der Waals surface area contributed by atoms with Crippen LogP contribution in [0.3, 0.4) is 0 Å². The fourth-order valence-corrected chi connectivity index (χ4v) is 5.18. The number of ketones is 1. The number of aliphatic carboxylic acids is 1. The van der Waals surface area contributed by atoms with Gasteiger partial charge in [-0.25, -0.2) is 4.98 Å². The number of anilines is 3. The van der Waals surface area contributed by atoms with Gasteiger partial charge in [-0.05, 0) is 79.6 Å². The molecule has 2 atom stereocenters. The molecular weight excluding hydrogens is 490 g/mol. The zero-order valence-corrected chi connectivity index (χ0v) is 22.3. The summed E-state index contributed by atoms with van der Waals surface area (Å²) < 4.78 is 6.13. The molecule has 0 amide bonds. The molecule has 1 aromatic heterocycles. The quantitative estimate of drug-likeness (QED) is 0.236. The highest BCUT2D eigenvalue weighted by molar-refractivity contribution is 7.18. The van der Waals surface area contributed by atoms with E-state index in [4.69, 9.17) is 20.4 Å². The minimum Gasteiger partial charge on any atom is -0.508 e. The fourth-order valence-electron chi connectivity index (χ4n) is 4.32. The van der Waals surface area contributed by atoms with Crippen LogP contribution in [0, 0.1) is 5.92 Å². The van der Waals surface area contributed by atoms with Crippen molar-refractivity contribution in [1.82, 2.24) is 4.98 Å². The van der Waals surface area contributed by atoms with Crippen LogP contribution in [0.5, 0.6) is 11.5 Å². The number of aryl methyl sites for hydroxylation is 1. The maximum absolute atomic E-state index is 13.0. The predicted molar refractivity (Wildman–Crippen MR) is 147 cm³/mol. The molecule has 3 aromatic rings. The lowest BCUT2D eigenvalue weighted by atomic mass is 10.0. The Balaban J connectivity index is 0.000000886. The van der Waals surface area contributed by atoms with Gasteiger partial charge in [-0.2, -0.15) is 0 Å². The molecule has 0 saturated heterocycles. The van der Waals surface area contributed by atoms with Gasteiger partial charge < -0.3 is 26.0 Å². The Hall–Kier alpha value is -3.59. The van der Waals surface area contributed by atoms with Crippen LogP contribution in [0.1, 0.15) is 73.7 Å². The van der Waals surface area contributed by atoms with Crippen molar-refractivity contribution < 1.29 is 24.5 Å². The van der Waals surface area contributed by atoms with E-state index in [1.807, 2.05) is 31.2 Å². The first-order valence-electron chi connectivity index (χ1n) is 12.6. The van der Waals surface area contributed by atoms with Gasteiger partial charge in [0.2, 0.25) is 5.78 Å². The number of hydrogen-bond acceptors (Lipinski definition) is 8. The van der Waals surface area contributed by atoms with Crippen LogP contribution in [0.2, 0.25) is 0 Å². The average Bonchev–Trinajstić information content (AvgIpc) is 3.47. The van der Waals surface area contributed by atoms with Gasteiger partial charge >= 0.3 is 0 Å². The van der Waals surface area contributed by atoms with Crippen molar-refractivity contribution in [3.05, 3.63) is 58.5 Å². The van der Waals surface area contributed by atoms with Gasteiger partial charge in [-0.1, -0.05) is 38.0 Å². The van der Waals surface area contributed by atoms with Crippen LogP contribution < -0.4 is 15.8 Å². The number of hydrogen-bond donors (Lipinski definition) is 4. The Morgan fingerprint density at radius 2 is 1.86 bits per heavy atom. The van der Waals surface area contributed by atoms with Crippen LogP contribution in [0.25, 0.3) is 0 Å². The van der Waals surface area contributed by atoms with Gasteiger partial charge in [-0.15, -0.1) is 0 Å². The van der Waals surface area contributed by atoms with Crippen LogP contribution in [-0.4, -0.2) is 33.1 Å². The van der Waals surface area contributed by atoms with E-state index < -0.39 is 5.97 Å². The van der Waals surface area contributed by atoms with Crippen molar-refractivity contribution in [2.24, 2.45) is 5.92 Å². The van der Waals surface area contributed by atoms with Crippen molar-refractivity contribution in [2.45, 2.75) is 65.4 Å². The number of nitrogens with one attached hydrogen (secondary N) is 1. The molecule has 1 heterocycles. The topological polar surface area (TPSA) is 135 Å². The highest BCUT2D eigenvalue weighted by atomic mass is 32.1. The third kappa shape index (κ3) is 7.95. The van der Waals surface area contributed by atoms with Gasteiger partial charge in [0.15, 0.2) is 5.13 Å². The summed E-state index contributed by atoms with van der Waals surface area (Å²) in [5, 5.41) is 21.2. The maximum atomic E-state index is 13.0. The van der Waals surface area contributed by atoms with E-state index in [0.29, 0.717) is 28.1 Å². The van der Waals surface area contributed by atoms with Crippen molar-refractivity contribution in [3.63, 3.8) is 0 Å². The van der Waals surface area contributed by atoms with Crippen LogP contribution in [0.4, 0.5) is 16.6 Å². The summed E-state index contributed by atoms with van der Waals surface area (Å²) >= 11 is 1.22. The molecule has 1 fully saturated rings. The van der Waals surface area contributed by atoms with E-state index in [2.05, 4.69) is 17.2 Å². The summed E-state index contributed by atoms with van der Waals surface area (Å²) in [5.41, 5.74) is 8.17. The number of ether oxygens (including phenoxy) is 1. The molecule has 0 aliphatic heterocycles. The lowest BCUT2D eigenvalue weighted by Gasteiger charge is -2.14. The number of carboxylic acids is 1. The number of nitrogen functional groups attached to an aromatic ring is 1. The molecule has 8 nitrogen and oxygen atoms in total. The highest BCUT2D eigenvalue weighted by Gasteiger charge is 2.24. The maximum Gasteiger partial charge on any atom is 0.300 e. The third-order valence-electron chi connectivity index (χ3n) is 6.20. The molecule has 198 valence electrons. The molecule has 5 N–H and O–H groups in total. The molecule has 37 heavy (non-hydrogen) atoms. The van der Waals surface area contributed by atoms with Crippen molar-refractivity contribution in [3.8, 4) is 11.5 Å². The number of aromatic hydroxyl groups is 1. The first-order valence-corrected chi connectivity index (χ1v) is 13.4. The summed E-state index contributed by atoms with van der Waals surface area (Å²) in [7, 11) is 0. The van der Waals surface area contributed by atoms with Gasteiger partial charge in [0.05, 0.1) is 6.10 Å². The predicted octanol–water partition coefficient (Wildman–Crippen LogP) is 6.41. The second kappa shape index (κ2) is 13.1. The standard InChI is InChI=1S/C26H31N3O3S.C2H4O2/c1-3-5-17-15-18(7-13-22(17)30)23(31)24-25(27)29-26(33-24)28-19-8-11-20(12-9-19)32-21-10-6-16(4-2)14-21;1-2(3)4/h7-9,11-13,15-16,21,30H,3-6,10,14,27H2,1-2H3,(H,28,29);1H3,(H,3,4). The molecule has 1 aliphatic rings. The monoisotopic (exact) mass is 525 g/mol. The van der Waals surface area contributed by atoms with Crippen LogP contribution in [-0.2, 0) is 11.2 Å². The molecule has 2 unspecified atom stereocenters. The number of rotatable bonds is 9. The van der Waals surface area contributed by atoms with Gasteiger partial charge in [0.25, 0.3) is 5.97 Å². The Kier molecular flexibility index (Phi) is 9.91. The summed E-state index contributed by atoms with van der Waals surface area (Å²) in [6.07, 6.45) is 6.61. The zero-order valence-electron chi connectivity index (χ0n) is 21.5. The molecule has 0 radical (unpaired) electrons. The van der Waals surface area contributed by atoms with Crippen LogP contribution >= 0.6 is 11.3 Å². The fraction of sp³-hybridized carbons (Fsp3) is 0.393. The normalized spacial score (nSPS) is 16.5. The van der Waals surface area contributed by atoms with E-state index in [1.165, 1.54) is 24.2 Å². The molecule has 0 spiro atoms. The number of carbonyl (C=O) groups is 2. The van der Waals surface area contributed by atoms with Gasteiger partial charge in [0, 0.05) is 18.2 Å². The summed E-state index contributed by atoms with van der Waals surface area (Å²) in [6.45, 7) is 5.36. The molecule has 2 aromatic carbocycles. The van der Waals surface area contributed by atoms with E-state index in [1.54, 1.807) is 18.2 Å². The second-order valence-corrected chi connectivity index (χ2v) is 10.2. The van der Waals surface area contributed by atoms with Crippen molar-refractivity contribution in [2.75, 3.05) is 11.1 Å². The summed E-state index contributed by atoms with van der Waals surface area (Å²) in [6, 6.07) is 12.7. The van der Waals surface area contributed by atoms with E-state index in [-0.39, 0.29) is 17.4 Å². The third-order valence-corrected chi connectivity index (χ3v) is 7.18. The van der Waals surface area contributed by atoms with E-state index in [0.717, 1.165) is 49.1 Å². The Morgan fingerprint density at radius 1 is 1.16 bits per heavy atom. The number of thiazole rings is 1. The summed E-state index contributed by atoms with van der Waals surface area (Å²) in [5.74, 6) is 1.03.